The van der Waals surface area contributed by atoms with Crippen LogP contribution in [-0.2, 0) is 0 Å². The molecule has 0 aliphatic heterocycles. The van der Waals surface area contributed by atoms with E-state index in [-0.39, 0.29) is 13.2 Å². The summed E-state index contributed by atoms with van der Waals surface area (Å²) in [5.41, 5.74) is 0. The maximum absolute atomic E-state index is 8.40. The largest absolute Gasteiger partial charge is 0.396 e. The fourth-order valence-electron chi connectivity index (χ4n) is 0.451. The first kappa shape index (κ1) is 17.6. The second kappa shape index (κ2) is 19.8. The molecule has 4 N–H and O–H groups in total. The maximum Gasteiger partial charge on any atom is 0.0894 e. The van der Waals surface area contributed by atoms with Crippen molar-refractivity contribution < 1.29 is 19.3 Å². The Morgan fingerprint density at radius 2 is 1.00 bits per heavy atom. The van der Waals surface area contributed by atoms with Crippen LogP contribution < -0.4 is 0 Å². The number of hydrogen-bond acceptors (Lipinski definition) is 8. The minimum absolute atomic E-state index is 0.273. The van der Waals surface area contributed by atoms with E-state index in [4.69, 9.17) is 19.3 Å². The molecule has 0 saturated heterocycles. The molecule has 0 rings (SSSR count). The van der Waals surface area contributed by atoms with E-state index in [0.29, 0.717) is 22.1 Å². The summed E-state index contributed by atoms with van der Waals surface area (Å²) >= 11 is 4.16. The molecule has 0 aromatic carbocycles. The molecule has 0 heterocycles. The highest BCUT2D eigenvalue weighted by Gasteiger charge is 1.88. The first-order valence-corrected chi connectivity index (χ1v) is 8.19. The molecule has 0 spiro atoms. The van der Waals surface area contributed by atoms with Crippen molar-refractivity contribution in [2.45, 2.75) is 0 Å². The van der Waals surface area contributed by atoms with Crippen LogP contribution >= 0.6 is 45.7 Å². The number of hydrogen-bond donors (Lipinski definition) is 4. The highest BCUT2D eigenvalue weighted by Crippen LogP contribution is 2.07. The topological polar surface area (TPSA) is 80.9 Å². The van der Waals surface area contributed by atoms with E-state index in [1.54, 1.807) is 23.5 Å². The van der Waals surface area contributed by atoms with Gasteiger partial charge < -0.3 is 19.3 Å². The van der Waals surface area contributed by atoms with Crippen molar-refractivity contribution in [2.75, 3.05) is 36.2 Å². The molecule has 0 fully saturated rings. The normalized spacial score (nSPS) is 9.43. The summed E-state index contributed by atoms with van der Waals surface area (Å²) in [7, 11) is 0. The Bertz CT molecular complexity index is 78.2. The van der Waals surface area contributed by atoms with E-state index >= 15 is 0 Å². The minimum atomic E-state index is 0.273. The van der Waals surface area contributed by atoms with Gasteiger partial charge in [-0.2, -0.15) is 23.5 Å². The van der Waals surface area contributed by atoms with E-state index < -0.39 is 0 Å². The average Bonchev–Trinajstić information content (AvgIpc) is 2.24. The summed E-state index contributed by atoms with van der Waals surface area (Å²) in [6, 6.07) is 0. The van der Waals surface area contributed by atoms with Crippen molar-refractivity contribution in [3.8, 4) is 0 Å². The molecule has 0 aromatic heterocycles. The molecular formula is C6H16O4S4. The van der Waals surface area contributed by atoms with E-state index in [2.05, 4.69) is 0 Å². The zero-order valence-electron chi connectivity index (χ0n) is 7.66. The lowest BCUT2D eigenvalue weighted by molar-refractivity contribution is 0.322. The lowest BCUT2D eigenvalue weighted by Crippen LogP contribution is -1.93. The number of rotatable bonds is 8. The van der Waals surface area contributed by atoms with Gasteiger partial charge in [-0.05, 0) is 0 Å². The van der Waals surface area contributed by atoms with Crippen molar-refractivity contribution in [3.63, 3.8) is 0 Å². The van der Waals surface area contributed by atoms with Crippen LogP contribution in [-0.4, -0.2) is 55.5 Å². The molecule has 0 atom stereocenters. The maximum atomic E-state index is 8.40. The molecule has 0 aliphatic rings. The first-order chi connectivity index (χ1) is 6.83. The fraction of sp³-hybridized carbons (Fsp3) is 1.00. The Balaban J connectivity index is 0. The summed E-state index contributed by atoms with van der Waals surface area (Å²) in [6.07, 6.45) is 0. The van der Waals surface area contributed by atoms with Gasteiger partial charge in [-0.25, -0.2) is 0 Å². The van der Waals surface area contributed by atoms with Gasteiger partial charge in [-0.1, -0.05) is 0 Å². The highest BCUT2D eigenvalue weighted by atomic mass is 33.1. The van der Waals surface area contributed by atoms with E-state index in [9.17, 15) is 0 Å². The van der Waals surface area contributed by atoms with Crippen LogP contribution in [0.4, 0.5) is 0 Å². The molecule has 4 nitrogen and oxygen atoms in total. The van der Waals surface area contributed by atoms with Crippen molar-refractivity contribution in [2.24, 2.45) is 0 Å². The van der Waals surface area contributed by atoms with Crippen molar-refractivity contribution in [1.29, 1.82) is 0 Å². The van der Waals surface area contributed by atoms with E-state index in [1.165, 1.54) is 0 Å². The Hall–Kier alpha value is 1.24. The predicted molar refractivity (Wildman–Crippen MR) is 69.3 cm³/mol. The summed E-state index contributed by atoms with van der Waals surface area (Å²) in [6.45, 7) is 0.546. The number of aliphatic hydroxyl groups excluding tert-OH is 2. The van der Waals surface area contributed by atoms with Gasteiger partial charge in [0.15, 0.2) is 0 Å². The Morgan fingerprint density at radius 1 is 0.643 bits per heavy atom. The standard InChI is InChI=1S/C6H14O2S2.H2O2S2/c7-1-3-9-5-6-10-4-2-8;1-3-4-2/h7-8H,1-6H2;1-2H. The third-order valence-electron chi connectivity index (χ3n) is 0.877. The Morgan fingerprint density at radius 3 is 1.21 bits per heavy atom. The lowest BCUT2D eigenvalue weighted by Gasteiger charge is -1.97. The van der Waals surface area contributed by atoms with E-state index in [0.717, 1.165) is 23.0 Å². The van der Waals surface area contributed by atoms with Crippen molar-refractivity contribution in [3.05, 3.63) is 0 Å². The van der Waals surface area contributed by atoms with Gasteiger partial charge in [0.25, 0.3) is 0 Å². The van der Waals surface area contributed by atoms with Crippen molar-refractivity contribution >= 4 is 45.7 Å². The third-order valence-corrected chi connectivity index (χ3v) is 3.33. The number of thioether (sulfide) groups is 2. The van der Waals surface area contributed by atoms with Gasteiger partial charge in [0.2, 0.25) is 0 Å². The zero-order valence-corrected chi connectivity index (χ0v) is 10.9. The molecule has 0 aromatic rings. The summed E-state index contributed by atoms with van der Waals surface area (Å²) < 4.78 is 15.0. The van der Waals surface area contributed by atoms with Gasteiger partial charge >= 0.3 is 0 Å². The van der Waals surface area contributed by atoms with Crippen LogP contribution in [0.1, 0.15) is 0 Å². The third kappa shape index (κ3) is 23.2. The molecule has 0 saturated carbocycles. The molecule has 0 radical (unpaired) electrons. The predicted octanol–water partition coefficient (Wildman–Crippen LogP) is 1.75. The van der Waals surface area contributed by atoms with Crippen LogP contribution in [0.5, 0.6) is 0 Å². The quantitative estimate of drug-likeness (QED) is 0.304. The summed E-state index contributed by atoms with van der Waals surface area (Å²) in [5, 5.41) is 16.8. The molecule has 14 heavy (non-hydrogen) atoms. The highest BCUT2D eigenvalue weighted by molar-refractivity contribution is 8.72. The average molecular weight is 280 g/mol. The molecule has 0 aliphatic carbocycles. The molecule has 0 bridgehead atoms. The van der Waals surface area contributed by atoms with Crippen LogP contribution in [0.25, 0.3) is 0 Å². The van der Waals surface area contributed by atoms with Gasteiger partial charge in [0.1, 0.15) is 0 Å². The smallest absolute Gasteiger partial charge is 0.0894 e. The SMILES string of the molecule is OCCSCCSCCO.OSSO. The molecule has 0 amide bonds. The number of aliphatic hydroxyl groups is 2. The Kier molecular flexibility index (Phi) is 24.9. The van der Waals surface area contributed by atoms with Crippen LogP contribution in [0, 0.1) is 0 Å². The van der Waals surface area contributed by atoms with Crippen LogP contribution in [0.3, 0.4) is 0 Å². The summed E-state index contributed by atoms with van der Waals surface area (Å²) in [5.74, 6) is 3.82. The van der Waals surface area contributed by atoms with Crippen molar-refractivity contribution in [1.82, 2.24) is 0 Å². The van der Waals surface area contributed by atoms with Gasteiger partial charge in [-0.3, -0.25) is 0 Å². The van der Waals surface area contributed by atoms with Crippen LogP contribution in [0.15, 0.2) is 0 Å². The zero-order chi connectivity index (χ0) is 11.1. The lowest BCUT2D eigenvalue weighted by atomic mass is 10.9. The monoisotopic (exact) mass is 280 g/mol. The molecular weight excluding hydrogens is 264 g/mol. The second-order valence-corrected chi connectivity index (χ2v) is 5.46. The summed E-state index contributed by atoms with van der Waals surface area (Å²) in [4.78, 5) is 0. The van der Waals surface area contributed by atoms with Gasteiger partial charge in [0.05, 0.1) is 35.4 Å². The fourth-order valence-corrected chi connectivity index (χ4v) is 2.06. The molecule has 8 heteroatoms. The molecule has 0 unspecified atom stereocenters. The second-order valence-electron chi connectivity index (χ2n) is 1.82. The van der Waals surface area contributed by atoms with Crippen LogP contribution in [0.2, 0.25) is 0 Å². The van der Waals surface area contributed by atoms with Gasteiger partial charge in [-0.15, -0.1) is 0 Å². The minimum Gasteiger partial charge on any atom is -0.396 e. The molecule has 88 valence electrons. The first-order valence-electron chi connectivity index (χ1n) is 3.82. The van der Waals surface area contributed by atoms with E-state index in [1.807, 2.05) is 0 Å². The Labute approximate surface area is 101 Å². The van der Waals surface area contributed by atoms with Gasteiger partial charge in [0, 0.05) is 23.0 Å².